The van der Waals surface area contributed by atoms with Gasteiger partial charge in [-0.2, -0.15) is 0 Å². The first-order valence-corrected chi connectivity index (χ1v) is 6.94. The van der Waals surface area contributed by atoms with Crippen LogP contribution in [0.15, 0.2) is 28.7 Å². The molecule has 0 unspecified atom stereocenters. The van der Waals surface area contributed by atoms with Crippen LogP contribution < -0.4 is 5.32 Å². The lowest BCUT2D eigenvalue weighted by molar-refractivity contribution is 0.473. The molecule has 2 rings (SSSR count). The van der Waals surface area contributed by atoms with Crippen LogP contribution in [0.25, 0.3) is 11.3 Å². The van der Waals surface area contributed by atoms with Crippen molar-refractivity contribution in [1.29, 1.82) is 0 Å². The van der Waals surface area contributed by atoms with Gasteiger partial charge in [0.25, 0.3) is 0 Å². The van der Waals surface area contributed by atoms with Crippen molar-refractivity contribution < 1.29 is 4.42 Å². The molecule has 1 aromatic heterocycles. The lowest BCUT2D eigenvalue weighted by atomic mass is 10.0. The average molecular weight is 278 g/mol. The fourth-order valence-electron chi connectivity index (χ4n) is 1.97. The molecule has 0 atom stereocenters. The molecule has 19 heavy (non-hydrogen) atoms. The molecular weight excluding hydrogens is 258 g/mol. The summed E-state index contributed by atoms with van der Waals surface area (Å²) in [6, 6.07) is 8.56. The zero-order valence-electron chi connectivity index (χ0n) is 11.9. The van der Waals surface area contributed by atoms with Gasteiger partial charge in [-0.05, 0) is 49.2 Å². The van der Waals surface area contributed by atoms with Crippen LogP contribution in [0.4, 0.5) is 0 Å². The second-order valence-corrected chi connectivity index (χ2v) is 5.63. The minimum atomic E-state index is 0.452. The van der Waals surface area contributed by atoms with Crippen LogP contribution in [-0.4, -0.2) is 6.04 Å². The van der Waals surface area contributed by atoms with E-state index < -0.39 is 0 Å². The van der Waals surface area contributed by atoms with Gasteiger partial charge in [0.2, 0.25) is 0 Å². The molecule has 0 radical (unpaired) electrons. The van der Waals surface area contributed by atoms with Gasteiger partial charge in [0.05, 0.1) is 6.54 Å². The Hall–Kier alpha value is -1.25. The van der Waals surface area contributed by atoms with Crippen LogP contribution in [0.3, 0.4) is 0 Å². The third-order valence-electron chi connectivity index (χ3n) is 3.12. The predicted molar refractivity (Wildman–Crippen MR) is 80.6 cm³/mol. The van der Waals surface area contributed by atoms with E-state index in [1.807, 2.05) is 25.1 Å². The summed E-state index contributed by atoms with van der Waals surface area (Å²) in [7, 11) is 0. The van der Waals surface area contributed by atoms with Crippen molar-refractivity contribution in [1.82, 2.24) is 5.32 Å². The van der Waals surface area contributed by atoms with Crippen LogP contribution in [0.2, 0.25) is 5.02 Å². The molecule has 2 nitrogen and oxygen atoms in total. The Morgan fingerprint density at radius 3 is 2.58 bits per heavy atom. The molecule has 1 aromatic carbocycles. The van der Waals surface area contributed by atoms with Crippen molar-refractivity contribution >= 4 is 11.6 Å². The quantitative estimate of drug-likeness (QED) is 0.875. The molecule has 3 heteroatoms. The number of hydrogen-bond donors (Lipinski definition) is 1. The molecule has 0 aliphatic rings. The predicted octanol–water partition coefficient (Wildman–Crippen LogP) is 4.71. The Balaban J connectivity index is 2.25. The summed E-state index contributed by atoms with van der Waals surface area (Å²) in [6.45, 7) is 9.06. The maximum absolute atomic E-state index is 6.12. The van der Waals surface area contributed by atoms with E-state index in [1.165, 1.54) is 0 Å². The highest BCUT2D eigenvalue weighted by atomic mass is 35.5. The maximum Gasteiger partial charge on any atom is 0.134 e. The van der Waals surface area contributed by atoms with E-state index in [9.17, 15) is 0 Å². The monoisotopic (exact) mass is 277 g/mol. The summed E-state index contributed by atoms with van der Waals surface area (Å²) in [5.41, 5.74) is 3.31. The molecule has 0 aliphatic carbocycles. The summed E-state index contributed by atoms with van der Waals surface area (Å²) in [4.78, 5) is 0. The largest absolute Gasteiger partial charge is 0.460 e. The first-order valence-electron chi connectivity index (χ1n) is 6.56. The van der Waals surface area contributed by atoms with Gasteiger partial charge in [0.15, 0.2) is 0 Å². The summed E-state index contributed by atoms with van der Waals surface area (Å²) in [5, 5.41) is 4.15. The molecule has 1 N–H and O–H groups in total. The highest BCUT2D eigenvalue weighted by molar-refractivity contribution is 6.31. The molecule has 0 saturated heterocycles. The molecule has 0 saturated carbocycles. The number of rotatable bonds is 4. The number of furan rings is 1. The lowest BCUT2D eigenvalue weighted by Crippen LogP contribution is -2.21. The van der Waals surface area contributed by atoms with Crippen molar-refractivity contribution in [2.24, 2.45) is 0 Å². The van der Waals surface area contributed by atoms with E-state index in [0.717, 1.165) is 39.8 Å². The van der Waals surface area contributed by atoms with Crippen LogP contribution in [0.5, 0.6) is 0 Å². The van der Waals surface area contributed by atoms with E-state index in [-0.39, 0.29) is 0 Å². The van der Waals surface area contributed by atoms with Crippen LogP contribution >= 0.6 is 11.6 Å². The Morgan fingerprint density at radius 1 is 1.16 bits per heavy atom. The molecule has 0 amide bonds. The second kappa shape index (κ2) is 5.81. The average Bonchev–Trinajstić information content (AvgIpc) is 2.80. The van der Waals surface area contributed by atoms with Crippen molar-refractivity contribution in [2.45, 2.75) is 40.3 Å². The molecule has 0 aliphatic heterocycles. The van der Waals surface area contributed by atoms with Gasteiger partial charge in [0, 0.05) is 16.6 Å². The minimum absolute atomic E-state index is 0.452. The summed E-state index contributed by atoms with van der Waals surface area (Å²) >= 11 is 6.12. The van der Waals surface area contributed by atoms with E-state index in [2.05, 4.69) is 32.2 Å². The van der Waals surface area contributed by atoms with Crippen LogP contribution in [0.1, 0.15) is 30.7 Å². The zero-order valence-corrected chi connectivity index (χ0v) is 12.6. The number of halogens is 1. The Bertz CT molecular complexity index is 572. The first-order chi connectivity index (χ1) is 8.97. The fourth-order valence-corrected chi connectivity index (χ4v) is 2.19. The molecule has 0 fully saturated rings. The summed E-state index contributed by atoms with van der Waals surface area (Å²) < 4.78 is 5.89. The Kier molecular flexibility index (Phi) is 4.33. The molecular formula is C16H20ClNO. The van der Waals surface area contributed by atoms with E-state index in [4.69, 9.17) is 16.0 Å². The minimum Gasteiger partial charge on any atom is -0.460 e. The zero-order chi connectivity index (χ0) is 14.0. The molecule has 1 heterocycles. The van der Waals surface area contributed by atoms with Gasteiger partial charge in [-0.15, -0.1) is 0 Å². The normalized spacial score (nSPS) is 11.3. The van der Waals surface area contributed by atoms with E-state index in [0.29, 0.717) is 6.04 Å². The first kappa shape index (κ1) is 14.2. The standard InChI is InChI=1S/C16H20ClNO/c1-10(2)18-9-13-5-6-16(19-13)14-7-12(4)15(17)8-11(14)3/h5-8,10,18H,9H2,1-4H3. The number of nitrogens with one attached hydrogen (secondary N) is 1. The van der Waals surface area contributed by atoms with E-state index in [1.54, 1.807) is 0 Å². The highest BCUT2D eigenvalue weighted by Crippen LogP contribution is 2.30. The van der Waals surface area contributed by atoms with E-state index >= 15 is 0 Å². The second-order valence-electron chi connectivity index (χ2n) is 5.22. The highest BCUT2D eigenvalue weighted by Gasteiger charge is 2.10. The van der Waals surface area contributed by atoms with Gasteiger partial charge in [-0.25, -0.2) is 0 Å². The molecule has 2 aromatic rings. The smallest absolute Gasteiger partial charge is 0.134 e. The van der Waals surface area contributed by atoms with Crippen molar-refractivity contribution in [2.75, 3.05) is 0 Å². The van der Waals surface area contributed by atoms with Crippen molar-refractivity contribution in [3.63, 3.8) is 0 Å². The molecule has 0 bridgehead atoms. The SMILES string of the molecule is Cc1cc(-c2ccc(CNC(C)C)o2)c(C)cc1Cl. The third kappa shape index (κ3) is 3.40. The van der Waals surface area contributed by atoms with Gasteiger partial charge in [-0.1, -0.05) is 25.4 Å². The number of aryl methyl sites for hydroxylation is 2. The van der Waals surface area contributed by atoms with Gasteiger partial charge in [-0.3, -0.25) is 0 Å². The Morgan fingerprint density at radius 2 is 1.89 bits per heavy atom. The Labute approximate surface area is 119 Å². The molecule has 0 spiro atoms. The fraction of sp³-hybridized carbons (Fsp3) is 0.375. The van der Waals surface area contributed by atoms with Crippen molar-refractivity contribution in [3.05, 3.63) is 46.2 Å². The van der Waals surface area contributed by atoms with Gasteiger partial charge < -0.3 is 9.73 Å². The molecule has 102 valence electrons. The topological polar surface area (TPSA) is 25.2 Å². The van der Waals surface area contributed by atoms with Crippen LogP contribution in [0, 0.1) is 13.8 Å². The van der Waals surface area contributed by atoms with Crippen molar-refractivity contribution in [3.8, 4) is 11.3 Å². The number of benzene rings is 1. The van der Waals surface area contributed by atoms with Crippen LogP contribution in [-0.2, 0) is 6.54 Å². The van der Waals surface area contributed by atoms with Gasteiger partial charge in [0.1, 0.15) is 11.5 Å². The third-order valence-corrected chi connectivity index (χ3v) is 3.52. The lowest BCUT2D eigenvalue weighted by Gasteiger charge is -2.07. The summed E-state index contributed by atoms with van der Waals surface area (Å²) in [6.07, 6.45) is 0. The summed E-state index contributed by atoms with van der Waals surface area (Å²) in [5.74, 6) is 1.86. The number of hydrogen-bond acceptors (Lipinski definition) is 2. The van der Waals surface area contributed by atoms with Gasteiger partial charge >= 0.3 is 0 Å². The maximum atomic E-state index is 6.12.